The summed E-state index contributed by atoms with van der Waals surface area (Å²) in [6.07, 6.45) is 0. The largest absolute Gasteiger partial charge is 0.325 e. The molecule has 2 aromatic carbocycles. The van der Waals surface area contributed by atoms with E-state index in [4.69, 9.17) is 11.6 Å². The van der Waals surface area contributed by atoms with E-state index in [1.54, 1.807) is 17.8 Å². The Bertz CT molecular complexity index is 648. The van der Waals surface area contributed by atoms with Crippen LogP contribution in [0.25, 0.3) is 0 Å². The minimum Gasteiger partial charge on any atom is -0.325 e. The van der Waals surface area contributed by atoms with E-state index < -0.39 is 0 Å². The van der Waals surface area contributed by atoms with E-state index in [1.165, 1.54) is 5.56 Å². The molecule has 5 heteroatoms. The van der Waals surface area contributed by atoms with Crippen molar-refractivity contribution in [3.05, 3.63) is 63.1 Å². The first kappa shape index (κ1) is 16.4. The SMILES string of the molecule is Cc1ccc(NC(=O)CSCc2cccc(Br)c2)cc1Cl. The van der Waals surface area contributed by atoms with Crippen molar-refractivity contribution in [3.63, 3.8) is 0 Å². The van der Waals surface area contributed by atoms with E-state index in [1.807, 2.05) is 31.2 Å². The number of hydrogen-bond donors (Lipinski definition) is 1. The van der Waals surface area contributed by atoms with Crippen molar-refractivity contribution in [1.29, 1.82) is 0 Å². The lowest BCUT2D eigenvalue weighted by atomic mass is 10.2. The average molecular weight is 385 g/mol. The molecule has 0 saturated carbocycles. The Morgan fingerprint density at radius 1 is 1.29 bits per heavy atom. The number of anilines is 1. The normalized spacial score (nSPS) is 10.4. The predicted molar refractivity (Wildman–Crippen MR) is 95.1 cm³/mol. The average Bonchev–Trinajstić information content (AvgIpc) is 2.43. The zero-order chi connectivity index (χ0) is 15.2. The first-order valence-corrected chi connectivity index (χ1v) is 8.75. The lowest BCUT2D eigenvalue weighted by Crippen LogP contribution is -2.14. The highest BCUT2D eigenvalue weighted by molar-refractivity contribution is 9.10. The second-order valence-electron chi connectivity index (χ2n) is 4.63. The number of amides is 1. The Hall–Kier alpha value is -0.970. The maximum absolute atomic E-state index is 11.9. The smallest absolute Gasteiger partial charge is 0.234 e. The fraction of sp³-hybridized carbons (Fsp3) is 0.188. The van der Waals surface area contributed by atoms with Gasteiger partial charge in [0.25, 0.3) is 0 Å². The minimum absolute atomic E-state index is 0.0186. The van der Waals surface area contributed by atoms with Gasteiger partial charge in [-0.05, 0) is 42.3 Å². The fourth-order valence-corrected chi connectivity index (χ4v) is 3.16. The monoisotopic (exact) mass is 383 g/mol. The topological polar surface area (TPSA) is 29.1 Å². The quantitative estimate of drug-likeness (QED) is 0.759. The third-order valence-electron chi connectivity index (χ3n) is 2.85. The maximum Gasteiger partial charge on any atom is 0.234 e. The molecule has 0 aliphatic carbocycles. The molecular formula is C16H15BrClNOS. The van der Waals surface area contributed by atoms with Crippen LogP contribution in [0.5, 0.6) is 0 Å². The number of rotatable bonds is 5. The maximum atomic E-state index is 11.9. The molecule has 0 unspecified atom stereocenters. The summed E-state index contributed by atoms with van der Waals surface area (Å²) in [6.45, 7) is 1.93. The molecule has 110 valence electrons. The Morgan fingerprint density at radius 3 is 2.81 bits per heavy atom. The number of carbonyl (C=O) groups is 1. The molecule has 0 aliphatic heterocycles. The van der Waals surface area contributed by atoms with Crippen molar-refractivity contribution in [2.45, 2.75) is 12.7 Å². The summed E-state index contributed by atoms with van der Waals surface area (Å²) in [7, 11) is 0. The van der Waals surface area contributed by atoms with Crippen LogP contribution in [-0.2, 0) is 10.5 Å². The zero-order valence-corrected chi connectivity index (χ0v) is 14.7. The van der Waals surface area contributed by atoms with Gasteiger partial charge in [-0.15, -0.1) is 11.8 Å². The highest BCUT2D eigenvalue weighted by Gasteiger charge is 2.05. The minimum atomic E-state index is -0.0186. The van der Waals surface area contributed by atoms with Gasteiger partial charge in [0.15, 0.2) is 0 Å². The van der Waals surface area contributed by atoms with E-state index in [9.17, 15) is 4.79 Å². The molecule has 1 N–H and O–H groups in total. The molecule has 0 aromatic heterocycles. The van der Waals surface area contributed by atoms with Gasteiger partial charge in [-0.1, -0.05) is 45.7 Å². The summed E-state index contributed by atoms with van der Waals surface area (Å²) in [5.41, 5.74) is 2.93. The van der Waals surface area contributed by atoms with Crippen molar-refractivity contribution in [2.75, 3.05) is 11.1 Å². The summed E-state index contributed by atoms with van der Waals surface area (Å²) >= 11 is 11.1. The van der Waals surface area contributed by atoms with Crippen LogP contribution in [0.15, 0.2) is 46.9 Å². The van der Waals surface area contributed by atoms with E-state index in [0.29, 0.717) is 10.8 Å². The number of carbonyl (C=O) groups excluding carboxylic acids is 1. The van der Waals surface area contributed by atoms with Crippen molar-refractivity contribution in [2.24, 2.45) is 0 Å². The molecule has 0 radical (unpaired) electrons. The Labute approximate surface area is 142 Å². The van der Waals surface area contributed by atoms with E-state index >= 15 is 0 Å². The second kappa shape index (κ2) is 7.87. The summed E-state index contributed by atoms with van der Waals surface area (Å²) in [4.78, 5) is 11.9. The van der Waals surface area contributed by atoms with Gasteiger partial charge >= 0.3 is 0 Å². The molecule has 0 fully saturated rings. The van der Waals surface area contributed by atoms with Crippen molar-refractivity contribution in [3.8, 4) is 0 Å². The first-order valence-electron chi connectivity index (χ1n) is 6.43. The van der Waals surface area contributed by atoms with Gasteiger partial charge in [-0.3, -0.25) is 4.79 Å². The number of thioether (sulfide) groups is 1. The Kier molecular flexibility index (Phi) is 6.15. The van der Waals surface area contributed by atoms with E-state index in [-0.39, 0.29) is 5.91 Å². The molecule has 0 aliphatic rings. The molecule has 0 spiro atoms. The Morgan fingerprint density at radius 2 is 2.10 bits per heavy atom. The second-order valence-corrected chi connectivity index (χ2v) is 6.94. The molecular weight excluding hydrogens is 370 g/mol. The van der Waals surface area contributed by atoms with Crippen LogP contribution in [-0.4, -0.2) is 11.7 Å². The summed E-state index contributed by atoms with van der Waals surface area (Å²) < 4.78 is 1.05. The van der Waals surface area contributed by atoms with Gasteiger partial charge in [0.1, 0.15) is 0 Å². The Balaban J connectivity index is 1.81. The highest BCUT2D eigenvalue weighted by atomic mass is 79.9. The van der Waals surface area contributed by atoms with E-state index in [2.05, 4.69) is 33.4 Å². The zero-order valence-electron chi connectivity index (χ0n) is 11.5. The van der Waals surface area contributed by atoms with Gasteiger partial charge in [-0.2, -0.15) is 0 Å². The number of nitrogens with one attached hydrogen (secondary N) is 1. The van der Waals surface area contributed by atoms with Gasteiger partial charge in [-0.25, -0.2) is 0 Å². The van der Waals surface area contributed by atoms with Gasteiger partial charge in [0, 0.05) is 20.9 Å². The number of aryl methyl sites for hydroxylation is 1. The number of halogens is 2. The summed E-state index contributed by atoms with van der Waals surface area (Å²) in [5.74, 6) is 1.20. The molecule has 2 rings (SSSR count). The molecule has 0 saturated heterocycles. The molecule has 0 bridgehead atoms. The van der Waals surface area contributed by atoms with Crippen LogP contribution in [0, 0.1) is 6.92 Å². The molecule has 1 amide bonds. The number of hydrogen-bond acceptors (Lipinski definition) is 2. The van der Waals surface area contributed by atoms with Crippen molar-refractivity contribution in [1.82, 2.24) is 0 Å². The van der Waals surface area contributed by atoms with Crippen LogP contribution in [0.2, 0.25) is 5.02 Å². The molecule has 21 heavy (non-hydrogen) atoms. The number of benzene rings is 2. The van der Waals surface area contributed by atoms with Crippen LogP contribution in [0.3, 0.4) is 0 Å². The molecule has 0 atom stereocenters. The highest BCUT2D eigenvalue weighted by Crippen LogP contribution is 2.21. The summed E-state index contributed by atoms with van der Waals surface area (Å²) in [5, 5.41) is 3.52. The molecule has 2 aromatic rings. The molecule has 0 heterocycles. The third-order valence-corrected chi connectivity index (χ3v) is 4.75. The van der Waals surface area contributed by atoms with Gasteiger partial charge in [0.2, 0.25) is 5.91 Å². The lowest BCUT2D eigenvalue weighted by molar-refractivity contribution is -0.113. The third kappa shape index (κ3) is 5.38. The standard InChI is InChI=1S/C16H15BrClNOS/c1-11-5-6-14(8-15(11)18)19-16(20)10-21-9-12-3-2-4-13(17)7-12/h2-8H,9-10H2,1H3,(H,19,20). The van der Waals surface area contributed by atoms with Crippen LogP contribution in [0.4, 0.5) is 5.69 Å². The van der Waals surface area contributed by atoms with Crippen LogP contribution < -0.4 is 5.32 Å². The van der Waals surface area contributed by atoms with Gasteiger partial charge in [0.05, 0.1) is 5.75 Å². The van der Waals surface area contributed by atoms with Crippen molar-refractivity contribution >= 4 is 50.9 Å². The van der Waals surface area contributed by atoms with Crippen LogP contribution >= 0.6 is 39.3 Å². The van der Waals surface area contributed by atoms with Gasteiger partial charge < -0.3 is 5.32 Å². The fourth-order valence-electron chi connectivity index (χ4n) is 1.76. The summed E-state index contributed by atoms with van der Waals surface area (Å²) in [6, 6.07) is 13.6. The lowest BCUT2D eigenvalue weighted by Gasteiger charge is -2.07. The molecule has 2 nitrogen and oxygen atoms in total. The van der Waals surface area contributed by atoms with Crippen LogP contribution in [0.1, 0.15) is 11.1 Å². The van der Waals surface area contributed by atoms with Crippen molar-refractivity contribution < 1.29 is 4.79 Å². The predicted octanol–water partition coefficient (Wildman–Crippen LogP) is 5.28. The van der Waals surface area contributed by atoms with E-state index in [0.717, 1.165) is 21.5 Å². The first-order chi connectivity index (χ1) is 10.0.